The van der Waals surface area contributed by atoms with Crippen molar-refractivity contribution in [3.8, 4) is 5.75 Å². The third kappa shape index (κ3) is 3.22. The highest BCUT2D eigenvalue weighted by Gasteiger charge is 2.15. The molecule has 1 aromatic heterocycles. The first-order valence-electron chi connectivity index (χ1n) is 7.68. The molecule has 1 heterocycles. The van der Waals surface area contributed by atoms with Gasteiger partial charge < -0.3 is 9.64 Å². The average Bonchev–Trinajstić information content (AvgIpc) is 3.04. The van der Waals surface area contributed by atoms with Gasteiger partial charge in [-0.1, -0.05) is 6.07 Å². The Kier molecular flexibility index (Phi) is 4.46. The Bertz CT molecular complexity index is 876. The molecule has 3 rings (SSSR count). The molecule has 0 aliphatic rings. The Labute approximate surface area is 139 Å². The second-order valence-electron chi connectivity index (χ2n) is 5.53. The lowest BCUT2D eigenvalue weighted by molar-refractivity contribution is 0.0784. The summed E-state index contributed by atoms with van der Waals surface area (Å²) in [7, 11) is 1.71. The quantitative estimate of drug-likeness (QED) is 0.781. The molecule has 0 saturated heterocycles. The Morgan fingerprint density at radius 2 is 2.12 bits per heavy atom. The summed E-state index contributed by atoms with van der Waals surface area (Å²) in [6.45, 7) is 2.56. The predicted octanol–water partition coefficient (Wildman–Crippen LogP) is 3.37. The zero-order valence-electron chi connectivity index (χ0n) is 13.5. The minimum absolute atomic E-state index is 0.0940. The molecule has 0 atom stereocenters. The van der Waals surface area contributed by atoms with Crippen LogP contribution in [-0.2, 0) is 6.54 Å². The van der Waals surface area contributed by atoms with Crippen LogP contribution in [0.4, 0.5) is 4.39 Å². The number of amides is 1. The van der Waals surface area contributed by atoms with E-state index in [1.165, 1.54) is 18.2 Å². The molecule has 0 bridgehead atoms. The van der Waals surface area contributed by atoms with Crippen molar-refractivity contribution in [3.05, 3.63) is 59.5 Å². The van der Waals surface area contributed by atoms with Gasteiger partial charge in [-0.15, -0.1) is 0 Å². The van der Waals surface area contributed by atoms with Crippen LogP contribution < -0.4 is 4.74 Å². The number of fused-ring (bicyclic) bond motifs is 1. The first-order chi connectivity index (χ1) is 11.6. The van der Waals surface area contributed by atoms with E-state index in [2.05, 4.69) is 10.2 Å². The number of carbonyl (C=O) groups is 1. The maximum absolute atomic E-state index is 13.6. The number of hydrogen-bond donors (Lipinski definition) is 1. The molecule has 24 heavy (non-hydrogen) atoms. The number of nitrogens with one attached hydrogen (secondary N) is 1. The molecule has 1 N–H and O–H groups in total. The molecule has 0 unspecified atom stereocenters. The second kappa shape index (κ2) is 6.70. The molecule has 0 saturated carbocycles. The van der Waals surface area contributed by atoms with Crippen LogP contribution in [0.25, 0.3) is 10.9 Å². The number of aromatic amines is 1. The largest absolute Gasteiger partial charge is 0.491 e. The maximum atomic E-state index is 13.6. The first kappa shape index (κ1) is 16.0. The Balaban J connectivity index is 1.77. The predicted molar refractivity (Wildman–Crippen MR) is 89.5 cm³/mol. The molecule has 6 heteroatoms. The van der Waals surface area contributed by atoms with E-state index in [1.54, 1.807) is 25.1 Å². The van der Waals surface area contributed by atoms with E-state index < -0.39 is 5.82 Å². The van der Waals surface area contributed by atoms with Crippen molar-refractivity contribution in [1.29, 1.82) is 0 Å². The van der Waals surface area contributed by atoms with Crippen molar-refractivity contribution >= 4 is 16.8 Å². The van der Waals surface area contributed by atoms with Crippen molar-refractivity contribution in [2.45, 2.75) is 13.5 Å². The summed E-state index contributed by atoms with van der Waals surface area (Å²) in [5, 5.41) is 7.87. The number of hydrogen-bond acceptors (Lipinski definition) is 3. The van der Waals surface area contributed by atoms with Gasteiger partial charge in [0.1, 0.15) is 0 Å². The standard InChI is InChI=1S/C18H18FN3O2/c1-3-24-17-9-13(5-6-15(17)19)18(23)22(2)11-12-4-7-16-14(8-12)10-20-21-16/h4-10H,3,11H2,1-2H3,(H,20,21). The fraction of sp³-hybridized carbons (Fsp3) is 0.222. The normalized spacial score (nSPS) is 10.8. The smallest absolute Gasteiger partial charge is 0.254 e. The second-order valence-corrected chi connectivity index (χ2v) is 5.53. The van der Waals surface area contributed by atoms with Crippen molar-refractivity contribution in [2.24, 2.45) is 0 Å². The van der Waals surface area contributed by atoms with Crippen LogP contribution in [0.1, 0.15) is 22.8 Å². The number of rotatable bonds is 5. The molecule has 2 aromatic carbocycles. The highest BCUT2D eigenvalue weighted by Crippen LogP contribution is 2.21. The van der Waals surface area contributed by atoms with Gasteiger partial charge in [-0.2, -0.15) is 5.10 Å². The van der Waals surface area contributed by atoms with Crippen LogP contribution in [0.15, 0.2) is 42.6 Å². The van der Waals surface area contributed by atoms with Gasteiger partial charge in [0.05, 0.1) is 18.3 Å². The summed E-state index contributed by atoms with van der Waals surface area (Å²) < 4.78 is 18.8. The summed E-state index contributed by atoms with van der Waals surface area (Å²) in [6, 6.07) is 10.0. The van der Waals surface area contributed by atoms with Crippen LogP contribution in [-0.4, -0.2) is 34.7 Å². The zero-order valence-corrected chi connectivity index (χ0v) is 13.5. The fourth-order valence-electron chi connectivity index (χ4n) is 2.56. The highest BCUT2D eigenvalue weighted by atomic mass is 19.1. The molecular weight excluding hydrogens is 309 g/mol. The van der Waals surface area contributed by atoms with Gasteiger partial charge in [0, 0.05) is 24.5 Å². The zero-order chi connectivity index (χ0) is 17.1. The third-order valence-corrected chi connectivity index (χ3v) is 3.75. The van der Waals surface area contributed by atoms with Gasteiger partial charge in [0.2, 0.25) is 0 Å². The Morgan fingerprint density at radius 1 is 1.29 bits per heavy atom. The molecule has 0 radical (unpaired) electrons. The summed E-state index contributed by atoms with van der Waals surface area (Å²) in [6.07, 6.45) is 1.75. The minimum Gasteiger partial charge on any atom is -0.491 e. The molecular formula is C18H18FN3O2. The van der Waals surface area contributed by atoms with Gasteiger partial charge in [0.15, 0.2) is 11.6 Å². The van der Waals surface area contributed by atoms with Crippen LogP contribution in [0.5, 0.6) is 5.75 Å². The average molecular weight is 327 g/mol. The molecule has 0 fully saturated rings. The van der Waals surface area contributed by atoms with E-state index >= 15 is 0 Å². The van der Waals surface area contributed by atoms with E-state index in [4.69, 9.17) is 4.74 Å². The number of ether oxygens (including phenoxy) is 1. The molecule has 5 nitrogen and oxygen atoms in total. The van der Waals surface area contributed by atoms with Gasteiger partial charge in [0.25, 0.3) is 5.91 Å². The lowest BCUT2D eigenvalue weighted by Crippen LogP contribution is -2.26. The minimum atomic E-state index is -0.471. The van der Waals surface area contributed by atoms with E-state index in [0.717, 1.165) is 16.5 Å². The van der Waals surface area contributed by atoms with Crippen LogP contribution in [0.2, 0.25) is 0 Å². The van der Waals surface area contributed by atoms with Crippen molar-refractivity contribution in [3.63, 3.8) is 0 Å². The van der Waals surface area contributed by atoms with Crippen LogP contribution >= 0.6 is 0 Å². The SMILES string of the molecule is CCOc1cc(C(=O)N(C)Cc2ccc3[nH]ncc3c2)ccc1F. The van der Waals surface area contributed by atoms with Crippen LogP contribution in [0.3, 0.4) is 0 Å². The van der Waals surface area contributed by atoms with Crippen LogP contribution in [0, 0.1) is 5.82 Å². The summed E-state index contributed by atoms with van der Waals surface area (Å²) >= 11 is 0. The topological polar surface area (TPSA) is 58.2 Å². The van der Waals surface area contributed by atoms with E-state index in [1.807, 2.05) is 18.2 Å². The lowest BCUT2D eigenvalue weighted by Gasteiger charge is -2.18. The molecule has 0 spiro atoms. The van der Waals surface area contributed by atoms with Crippen molar-refractivity contribution < 1.29 is 13.9 Å². The molecule has 124 valence electrons. The van der Waals surface area contributed by atoms with Gasteiger partial charge in [-0.05, 0) is 42.8 Å². The Hall–Kier alpha value is -2.89. The number of carbonyl (C=O) groups excluding carboxylic acids is 1. The number of halogens is 1. The first-order valence-corrected chi connectivity index (χ1v) is 7.68. The number of aromatic nitrogens is 2. The van der Waals surface area contributed by atoms with E-state index in [-0.39, 0.29) is 11.7 Å². The summed E-state index contributed by atoms with van der Waals surface area (Å²) in [5.74, 6) is -0.568. The van der Waals surface area contributed by atoms with E-state index in [0.29, 0.717) is 18.7 Å². The van der Waals surface area contributed by atoms with Crippen molar-refractivity contribution in [1.82, 2.24) is 15.1 Å². The highest BCUT2D eigenvalue weighted by molar-refractivity contribution is 5.94. The maximum Gasteiger partial charge on any atom is 0.254 e. The number of benzene rings is 2. The molecule has 1 amide bonds. The number of nitrogens with zero attached hydrogens (tertiary/aromatic N) is 2. The molecule has 0 aliphatic heterocycles. The monoisotopic (exact) mass is 327 g/mol. The molecule has 0 aliphatic carbocycles. The van der Waals surface area contributed by atoms with E-state index in [9.17, 15) is 9.18 Å². The lowest BCUT2D eigenvalue weighted by atomic mass is 10.1. The summed E-state index contributed by atoms with van der Waals surface area (Å²) in [5.41, 5.74) is 2.34. The fourth-order valence-corrected chi connectivity index (χ4v) is 2.56. The Morgan fingerprint density at radius 3 is 2.92 bits per heavy atom. The van der Waals surface area contributed by atoms with Gasteiger partial charge in [-0.3, -0.25) is 9.89 Å². The summed E-state index contributed by atoms with van der Waals surface area (Å²) in [4.78, 5) is 14.1. The molecule has 3 aromatic rings. The van der Waals surface area contributed by atoms with Gasteiger partial charge >= 0.3 is 0 Å². The number of H-pyrrole nitrogens is 1. The van der Waals surface area contributed by atoms with Crippen molar-refractivity contribution in [2.75, 3.05) is 13.7 Å². The third-order valence-electron chi connectivity index (χ3n) is 3.75. The van der Waals surface area contributed by atoms with Gasteiger partial charge in [-0.25, -0.2) is 4.39 Å².